The molecule has 1 N–H and O–H groups in total. The van der Waals surface area contributed by atoms with Crippen LogP contribution in [0.25, 0.3) is 0 Å². The van der Waals surface area contributed by atoms with E-state index in [2.05, 4.69) is 26.0 Å². The first-order chi connectivity index (χ1) is 8.67. The number of Topliss-reactive ketones (excluding diaryl/α,β-unsaturated/α-hetero) is 1. The van der Waals surface area contributed by atoms with E-state index in [1.54, 1.807) is 0 Å². The second-order valence-corrected chi connectivity index (χ2v) is 4.47. The summed E-state index contributed by atoms with van der Waals surface area (Å²) in [6, 6.07) is 3.55. The van der Waals surface area contributed by atoms with Gasteiger partial charge in [-0.25, -0.2) is 0 Å². The van der Waals surface area contributed by atoms with E-state index in [0.717, 1.165) is 6.07 Å². The monoisotopic (exact) mass is 339 g/mol. The summed E-state index contributed by atoms with van der Waals surface area (Å²) in [5.74, 6) is -1.27. The van der Waals surface area contributed by atoms with Crippen LogP contribution in [-0.2, 0) is 9.59 Å². The van der Waals surface area contributed by atoms with Crippen molar-refractivity contribution in [2.75, 3.05) is 5.32 Å². The first-order valence-corrected chi connectivity index (χ1v) is 5.81. The summed E-state index contributed by atoms with van der Waals surface area (Å²) in [7, 11) is 0. The first-order valence-electron chi connectivity index (χ1n) is 5.02. The van der Waals surface area contributed by atoms with Crippen LogP contribution in [0.1, 0.15) is 13.3 Å². The highest BCUT2D eigenvalue weighted by atomic mass is 79.9. The van der Waals surface area contributed by atoms with Crippen LogP contribution in [0.15, 0.2) is 22.7 Å². The molecule has 104 valence electrons. The minimum atomic E-state index is -4.79. The number of rotatable bonds is 4. The maximum atomic E-state index is 12.0. The number of ketones is 1. The fourth-order valence-corrected chi connectivity index (χ4v) is 1.68. The molecule has 0 heterocycles. The van der Waals surface area contributed by atoms with Gasteiger partial charge in [-0.15, -0.1) is 13.2 Å². The predicted molar refractivity (Wildman–Crippen MR) is 64.8 cm³/mol. The highest BCUT2D eigenvalue weighted by molar-refractivity contribution is 9.10. The molecule has 0 aliphatic carbocycles. The van der Waals surface area contributed by atoms with Gasteiger partial charge in [0.15, 0.2) is 0 Å². The normalized spacial score (nSPS) is 11.0. The maximum absolute atomic E-state index is 12.0. The molecule has 0 aromatic heterocycles. The van der Waals surface area contributed by atoms with Crippen molar-refractivity contribution in [1.82, 2.24) is 0 Å². The Labute approximate surface area is 115 Å². The van der Waals surface area contributed by atoms with Crippen LogP contribution in [0.3, 0.4) is 0 Å². The van der Waals surface area contributed by atoms with Crippen LogP contribution >= 0.6 is 15.9 Å². The van der Waals surface area contributed by atoms with E-state index in [1.165, 1.54) is 19.1 Å². The number of carbonyl (C=O) groups is 2. The van der Waals surface area contributed by atoms with E-state index >= 15 is 0 Å². The van der Waals surface area contributed by atoms with Gasteiger partial charge in [-0.3, -0.25) is 9.59 Å². The lowest BCUT2D eigenvalue weighted by Gasteiger charge is -2.11. The van der Waals surface area contributed by atoms with Crippen molar-refractivity contribution in [1.29, 1.82) is 0 Å². The molecule has 19 heavy (non-hydrogen) atoms. The summed E-state index contributed by atoms with van der Waals surface area (Å²) < 4.78 is 39.9. The summed E-state index contributed by atoms with van der Waals surface area (Å²) in [6.07, 6.45) is -5.08. The Kier molecular flexibility index (Phi) is 4.93. The van der Waals surface area contributed by atoms with Gasteiger partial charge < -0.3 is 10.1 Å². The summed E-state index contributed by atoms with van der Waals surface area (Å²) in [4.78, 5) is 22.0. The molecule has 1 aromatic rings. The number of halogens is 4. The van der Waals surface area contributed by atoms with E-state index in [1.807, 2.05) is 0 Å². The van der Waals surface area contributed by atoms with Crippen LogP contribution < -0.4 is 10.1 Å². The second-order valence-electron chi connectivity index (χ2n) is 3.62. The Bertz CT molecular complexity index is 502. The Hall–Kier alpha value is -1.57. The molecule has 0 aliphatic rings. The summed E-state index contributed by atoms with van der Waals surface area (Å²) in [6.45, 7) is 1.26. The van der Waals surface area contributed by atoms with Crippen molar-refractivity contribution in [3.05, 3.63) is 22.7 Å². The molecule has 0 unspecified atom stereocenters. The van der Waals surface area contributed by atoms with Crippen LogP contribution in [0.5, 0.6) is 5.75 Å². The third-order valence-corrected chi connectivity index (χ3v) is 2.47. The quantitative estimate of drug-likeness (QED) is 0.856. The molecule has 0 radical (unpaired) electrons. The third-order valence-electron chi connectivity index (χ3n) is 1.85. The number of anilines is 1. The number of nitrogens with one attached hydrogen (secondary N) is 1. The van der Waals surface area contributed by atoms with E-state index in [9.17, 15) is 22.8 Å². The highest BCUT2D eigenvalue weighted by Gasteiger charge is 2.31. The molecular formula is C11H9BrF3NO3. The average Bonchev–Trinajstić information content (AvgIpc) is 2.19. The predicted octanol–water partition coefficient (Wildman–Crippen LogP) is 3.27. The fraction of sp³-hybridized carbons (Fsp3) is 0.273. The molecule has 0 atom stereocenters. The van der Waals surface area contributed by atoms with Crippen molar-refractivity contribution in [2.24, 2.45) is 0 Å². The zero-order valence-corrected chi connectivity index (χ0v) is 11.3. The number of amides is 1. The summed E-state index contributed by atoms with van der Waals surface area (Å²) >= 11 is 2.90. The first kappa shape index (κ1) is 15.5. The topological polar surface area (TPSA) is 55.4 Å². The van der Waals surface area contributed by atoms with Gasteiger partial charge in [0.05, 0.1) is 10.9 Å². The largest absolute Gasteiger partial charge is 0.573 e. The average molecular weight is 340 g/mol. The van der Waals surface area contributed by atoms with Gasteiger partial charge in [0.1, 0.15) is 11.5 Å². The second kappa shape index (κ2) is 6.05. The third kappa shape index (κ3) is 5.73. The zero-order chi connectivity index (χ0) is 14.6. The molecule has 0 aliphatic heterocycles. The number of alkyl halides is 3. The standard InChI is InChI=1S/C11H9BrF3NO3/c1-6(17)4-10(18)16-7-2-3-9(8(12)5-7)19-11(13,14)15/h2-3,5H,4H2,1H3,(H,16,18). The molecule has 0 saturated heterocycles. The van der Waals surface area contributed by atoms with E-state index in [4.69, 9.17) is 0 Å². The van der Waals surface area contributed by atoms with Crippen molar-refractivity contribution >= 4 is 33.3 Å². The minimum Gasteiger partial charge on any atom is -0.405 e. The fourth-order valence-electron chi connectivity index (χ4n) is 1.22. The van der Waals surface area contributed by atoms with Crippen LogP contribution in [0.2, 0.25) is 0 Å². The number of carbonyl (C=O) groups excluding carboxylic acids is 2. The summed E-state index contributed by atoms with van der Waals surface area (Å²) in [5.41, 5.74) is 0.257. The van der Waals surface area contributed by atoms with E-state index < -0.39 is 18.0 Å². The van der Waals surface area contributed by atoms with Gasteiger partial charge >= 0.3 is 6.36 Å². The van der Waals surface area contributed by atoms with Crippen LogP contribution in [-0.4, -0.2) is 18.1 Å². The lowest BCUT2D eigenvalue weighted by atomic mass is 10.2. The number of hydrogen-bond donors (Lipinski definition) is 1. The minimum absolute atomic E-state index is 0.0328. The molecule has 0 bridgehead atoms. The zero-order valence-electron chi connectivity index (χ0n) is 9.68. The smallest absolute Gasteiger partial charge is 0.405 e. The number of ether oxygens (including phenoxy) is 1. The SMILES string of the molecule is CC(=O)CC(=O)Nc1ccc(OC(F)(F)F)c(Br)c1. The number of hydrogen-bond acceptors (Lipinski definition) is 3. The van der Waals surface area contributed by atoms with Crippen LogP contribution in [0.4, 0.5) is 18.9 Å². The molecule has 0 spiro atoms. The Morgan fingerprint density at radius 2 is 2.00 bits per heavy atom. The van der Waals surface area contributed by atoms with Gasteiger partial charge in [-0.2, -0.15) is 0 Å². The van der Waals surface area contributed by atoms with Crippen molar-refractivity contribution < 1.29 is 27.5 Å². The molecule has 8 heteroatoms. The molecule has 0 saturated carbocycles. The molecule has 0 fully saturated rings. The van der Waals surface area contributed by atoms with Gasteiger partial charge in [0.25, 0.3) is 0 Å². The Morgan fingerprint density at radius 1 is 1.37 bits per heavy atom. The number of benzene rings is 1. The van der Waals surface area contributed by atoms with Crippen molar-refractivity contribution in [3.8, 4) is 5.75 Å². The summed E-state index contributed by atoms with van der Waals surface area (Å²) in [5, 5.41) is 2.38. The maximum Gasteiger partial charge on any atom is 0.573 e. The Balaban J connectivity index is 2.77. The van der Waals surface area contributed by atoms with E-state index in [0.29, 0.717) is 0 Å². The van der Waals surface area contributed by atoms with Gasteiger partial charge in [0.2, 0.25) is 5.91 Å². The lowest BCUT2D eigenvalue weighted by molar-refractivity contribution is -0.274. The molecule has 1 rings (SSSR count). The van der Waals surface area contributed by atoms with Gasteiger partial charge in [-0.05, 0) is 41.1 Å². The van der Waals surface area contributed by atoms with Gasteiger partial charge in [-0.1, -0.05) is 0 Å². The molecular weight excluding hydrogens is 331 g/mol. The lowest BCUT2D eigenvalue weighted by Crippen LogP contribution is -2.18. The highest BCUT2D eigenvalue weighted by Crippen LogP contribution is 2.32. The molecule has 1 amide bonds. The van der Waals surface area contributed by atoms with Crippen LogP contribution in [0, 0.1) is 0 Å². The Morgan fingerprint density at radius 3 is 2.47 bits per heavy atom. The molecule has 1 aromatic carbocycles. The molecule has 4 nitrogen and oxygen atoms in total. The van der Waals surface area contributed by atoms with Crippen molar-refractivity contribution in [3.63, 3.8) is 0 Å². The van der Waals surface area contributed by atoms with E-state index in [-0.39, 0.29) is 22.4 Å². The van der Waals surface area contributed by atoms with Crippen molar-refractivity contribution in [2.45, 2.75) is 19.7 Å². The van der Waals surface area contributed by atoms with Gasteiger partial charge in [0, 0.05) is 5.69 Å².